The summed E-state index contributed by atoms with van der Waals surface area (Å²) in [6.45, 7) is 22.5. The number of amides is 4. The van der Waals surface area contributed by atoms with Gasteiger partial charge in [0.1, 0.15) is 25.0 Å². The summed E-state index contributed by atoms with van der Waals surface area (Å²) in [5.74, 6) is -4.28. The molecule has 0 bridgehead atoms. The van der Waals surface area contributed by atoms with Crippen molar-refractivity contribution in [3.8, 4) is 5.75 Å². The van der Waals surface area contributed by atoms with Crippen LogP contribution in [0.2, 0.25) is 0 Å². The van der Waals surface area contributed by atoms with Crippen LogP contribution in [0.5, 0.6) is 5.75 Å². The Hall–Kier alpha value is -5.26. The lowest BCUT2D eigenvalue weighted by Crippen LogP contribution is -2.54. The SMILES string of the molecule is CC(=O)O.CC/C=C(/F)OCc1ccc(OC2CC(O)CC(C(=O)O)O2)c(C(=O)NCC(=O)NCCCCC(NC(=O)COC(C)(C)CCOC(C)(C)CCOC)C(=O)NC(C)(C)CCOC(C)(C)/N=C(\C)CC)c1. The highest BCUT2D eigenvalue weighted by Gasteiger charge is 2.35. The Labute approximate surface area is 442 Å². The maximum absolute atomic E-state index is 14.0. The Morgan fingerprint density at radius 2 is 1.51 bits per heavy atom. The van der Waals surface area contributed by atoms with Crippen molar-refractivity contribution in [2.45, 2.75) is 201 Å². The Morgan fingerprint density at radius 3 is 2.13 bits per heavy atom. The zero-order valence-corrected chi connectivity index (χ0v) is 46.6. The van der Waals surface area contributed by atoms with Crippen molar-refractivity contribution in [2.75, 3.05) is 46.6 Å². The quantitative estimate of drug-likeness (QED) is 0.0227. The number of carbonyl (C=O) groups is 6. The number of hydrogen-bond donors (Lipinski definition) is 7. The van der Waals surface area contributed by atoms with E-state index in [-0.39, 0.29) is 50.3 Å². The first-order chi connectivity index (χ1) is 34.9. The van der Waals surface area contributed by atoms with Gasteiger partial charge in [0.25, 0.3) is 17.9 Å². The highest BCUT2D eigenvalue weighted by molar-refractivity contribution is 5.99. The molecule has 1 saturated heterocycles. The van der Waals surface area contributed by atoms with E-state index in [1.807, 2.05) is 69.2 Å². The molecule has 0 aromatic heterocycles. The van der Waals surface area contributed by atoms with Crippen LogP contribution in [0.1, 0.15) is 163 Å². The van der Waals surface area contributed by atoms with Crippen molar-refractivity contribution in [2.24, 2.45) is 4.99 Å². The lowest BCUT2D eigenvalue weighted by molar-refractivity contribution is -0.195. The summed E-state index contributed by atoms with van der Waals surface area (Å²) in [7, 11) is 1.64. The molecule has 4 atom stereocenters. The summed E-state index contributed by atoms with van der Waals surface area (Å²) in [5.41, 5.74) is -1.27. The lowest BCUT2D eigenvalue weighted by atomic mass is 9.99. The van der Waals surface area contributed by atoms with Crippen LogP contribution < -0.4 is 26.0 Å². The number of unbranched alkanes of at least 4 members (excludes halogenated alkanes) is 1. The van der Waals surface area contributed by atoms with Gasteiger partial charge in [-0.3, -0.25) is 29.0 Å². The van der Waals surface area contributed by atoms with Crippen LogP contribution in [0.4, 0.5) is 4.39 Å². The van der Waals surface area contributed by atoms with Crippen LogP contribution in [0.25, 0.3) is 0 Å². The van der Waals surface area contributed by atoms with Gasteiger partial charge >= 0.3 is 5.97 Å². The second kappa shape index (κ2) is 33.7. The molecule has 2 rings (SSSR count). The molecule has 4 amide bonds. The number of allylic oxidation sites excluding steroid dienone is 1. The van der Waals surface area contributed by atoms with Crippen LogP contribution in [-0.4, -0.2) is 150 Å². The van der Waals surface area contributed by atoms with Crippen molar-refractivity contribution in [3.05, 3.63) is 41.4 Å². The Kier molecular flexibility index (Phi) is 30.4. The number of methoxy groups -OCH3 is 1. The van der Waals surface area contributed by atoms with Gasteiger partial charge in [-0.2, -0.15) is 4.39 Å². The van der Waals surface area contributed by atoms with Gasteiger partial charge in [-0.1, -0.05) is 19.9 Å². The molecule has 75 heavy (non-hydrogen) atoms. The minimum absolute atomic E-state index is 0.0311. The fraction of sp³-hybridized carbons (Fsp3) is 0.717. The summed E-state index contributed by atoms with van der Waals surface area (Å²) in [5, 5.41) is 38.3. The van der Waals surface area contributed by atoms with E-state index >= 15 is 0 Å². The molecule has 0 saturated carbocycles. The van der Waals surface area contributed by atoms with Crippen molar-refractivity contribution >= 4 is 41.3 Å². The molecule has 4 unspecified atom stereocenters. The average Bonchev–Trinajstić information content (AvgIpc) is 3.30. The molecule has 428 valence electrons. The van der Waals surface area contributed by atoms with Gasteiger partial charge in [0, 0.05) is 51.3 Å². The molecule has 1 aliphatic rings. The normalized spacial score (nSPS) is 16.9. The Morgan fingerprint density at radius 1 is 0.867 bits per heavy atom. The summed E-state index contributed by atoms with van der Waals surface area (Å²) in [4.78, 5) is 78.9. The number of ether oxygens (including phenoxy) is 7. The smallest absolute Gasteiger partial charge is 0.333 e. The van der Waals surface area contributed by atoms with Gasteiger partial charge < -0.3 is 69.7 Å². The molecule has 0 spiro atoms. The van der Waals surface area contributed by atoms with E-state index in [1.54, 1.807) is 14.0 Å². The van der Waals surface area contributed by atoms with Gasteiger partial charge in [0.05, 0.1) is 42.6 Å². The number of carboxylic acid groups (broad SMARTS) is 2. The number of nitrogens with zero attached hydrogens (tertiary/aromatic N) is 1. The van der Waals surface area contributed by atoms with Crippen molar-refractivity contribution in [3.63, 3.8) is 0 Å². The molecule has 21 nitrogen and oxygen atoms in total. The second-order valence-electron chi connectivity index (χ2n) is 20.6. The highest BCUT2D eigenvalue weighted by Crippen LogP contribution is 2.28. The fourth-order valence-electron chi connectivity index (χ4n) is 7.02. The molecule has 0 radical (unpaired) electrons. The number of carbonyl (C=O) groups excluding carboxylic acids is 4. The number of rotatable bonds is 34. The van der Waals surface area contributed by atoms with E-state index in [0.717, 1.165) is 25.5 Å². The third kappa shape index (κ3) is 30.8. The molecule has 1 aromatic rings. The van der Waals surface area contributed by atoms with Crippen LogP contribution >= 0.6 is 0 Å². The zero-order chi connectivity index (χ0) is 57.0. The number of halogens is 1. The predicted molar refractivity (Wildman–Crippen MR) is 279 cm³/mol. The lowest BCUT2D eigenvalue weighted by Gasteiger charge is -2.31. The minimum Gasteiger partial charge on any atom is -0.481 e. The van der Waals surface area contributed by atoms with E-state index in [4.69, 9.17) is 43.1 Å². The summed E-state index contributed by atoms with van der Waals surface area (Å²) in [6, 6.07) is 2.59. The van der Waals surface area contributed by atoms with Gasteiger partial charge in [-0.25, -0.2) is 4.79 Å². The predicted octanol–water partition coefficient (Wildman–Crippen LogP) is 6.27. The molecule has 0 aliphatic carbocycles. The fourth-order valence-corrected chi connectivity index (χ4v) is 7.02. The second-order valence-corrected chi connectivity index (χ2v) is 20.6. The first-order valence-electron chi connectivity index (χ1n) is 25.6. The highest BCUT2D eigenvalue weighted by atomic mass is 19.1. The summed E-state index contributed by atoms with van der Waals surface area (Å²) in [6.07, 6.45) is 1.45. The molecule has 1 heterocycles. The Bertz CT molecular complexity index is 2020. The van der Waals surface area contributed by atoms with Crippen LogP contribution in [0.15, 0.2) is 35.3 Å². The van der Waals surface area contributed by atoms with E-state index in [9.17, 15) is 38.6 Å². The number of aliphatic imine (C=N–C) groups is 1. The number of hydrogen-bond acceptors (Lipinski definition) is 15. The number of benzene rings is 1. The summed E-state index contributed by atoms with van der Waals surface area (Å²) >= 11 is 0. The number of nitrogens with one attached hydrogen (secondary N) is 4. The molecular weight excluding hydrogens is 982 g/mol. The molecular formula is C53H88FN5O16. The standard InChI is InChI=1S/C51H84FN5O14.C2H4O2/c1-13-17-41(52)66-32-35-19-20-39(70-44-30-36(58)29-40(71-44)47(63)64)37(28-35)45(61)54-31-42(59)53-24-16-15-18-38(46(62)57-48(4,5)21-26-68-51(10,11)56-34(3)14-2)55-43(60)33-69-50(8,9)23-27-67-49(6,7)22-25-65-12;1-2(3)4/h17,19-20,28,36,38,40,44,58H,13-16,18,21-27,29-33H2,1-12H3,(H,53,59)(H,54,61)(H,55,60)(H,57,62)(H,63,64);1H3,(H,3,4)/b41-17-,56-34+;. The van der Waals surface area contributed by atoms with Crippen molar-refractivity contribution in [1.82, 2.24) is 21.3 Å². The third-order valence-corrected chi connectivity index (χ3v) is 11.4. The number of carboxylic acids is 2. The van der Waals surface area contributed by atoms with Gasteiger partial charge in [0.2, 0.25) is 24.0 Å². The number of aliphatic carboxylic acids is 2. The topological polar surface area (TPSA) is 288 Å². The molecule has 22 heteroatoms. The first kappa shape index (κ1) is 67.8. The van der Waals surface area contributed by atoms with Crippen molar-refractivity contribution < 1.29 is 81.6 Å². The largest absolute Gasteiger partial charge is 0.481 e. The minimum atomic E-state index is -1.33. The zero-order valence-electron chi connectivity index (χ0n) is 46.6. The van der Waals surface area contributed by atoms with Gasteiger partial charge in [-0.15, -0.1) is 0 Å². The number of aliphatic hydroxyl groups excluding tert-OH is 1. The van der Waals surface area contributed by atoms with Crippen LogP contribution in [0, 0.1) is 0 Å². The van der Waals surface area contributed by atoms with Gasteiger partial charge in [0.15, 0.2) is 11.8 Å². The van der Waals surface area contributed by atoms with E-state index in [2.05, 4.69) is 26.3 Å². The third-order valence-electron chi connectivity index (χ3n) is 11.4. The average molecular weight is 1070 g/mol. The van der Waals surface area contributed by atoms with Crippen molar-refractivity contribution in [1.29, 1.82) is 0 Å². The molecule has 1 aromatic carbocycles. The molecule has 1 fully saturated rings. The molecule has 7 N–H and O–H groups in total. The maximum Gasteiger partial charge on any atom is 0.333 e. The maximum atomic E-state index is 14.0. The van der Waals surface area contributed by atoms with E-state index < -0.39 is 95.1 Å². The van der Waals surface area contributed by atoms with E-state index in [0.29, 0.717) is 57.5 Å². The molecule has 1 aliphatic heterocycles. The van der Waals surface area contributed by atoms with Crippen LogP contribution in [-0.2, 0) is 59.0 Å². The number of aliphatic hydroxyl groups is 1. The first-order valence-corrected chi connectivity index (χ1v) is 25.6. The van der Waals surface area contributed by atoms with Gasteiger partial charge in [-0.05, 0) is 137 Å². The Balaban J connectivity index is 0.00000677. The monoisotopic (exact) mass is 1070 g/mol. The van der Waals surface area contributed by atoms with Crippen LogP contribution in [0.3, 0.4) is 0 Å². The summed E-state index contributed by atoms with van der Waals surface area (Å²) < 4.78 is 53.8. The van der Waals surface area contributed by atoms with E-state index in [1.165, 1.54) is 24.3 Å².